The van der Waals surface area contributed by atoms with Gasteiger partial charge in [0, 0.05) is 16.7 Å². The Morgan fingerprint density at radius 2 is 1.96 bits per heavy atom. The molecule has 0 radical (unpaired) electrons. The third-order valence-electron chi connectivity index (χ3n) is 3.25. The SMILES string of the molecule is CC(C(=O)Nc1cc(C(F)(F)F)ccc1Cl)n1cc(Br)ccc1=O. The zero-order chi connectivity index (χ0) is 18.1. The summed E-state index contributed by atoms with van der Waals surface area (Å²) in [6.07, 6.45) is -3.14. The summed E-state index contributed by atoms with van der Waals surface area (Å²) in [5, 5.41) is 2.28. The van der Waals surface area contributed by atoms with Gasteiger partial charge in [0.25, 0.3) is 5.56 Å². The van der Waals surface area contributed by atoms with Gasteiger partial charge in [-0.25, -0.2) is 0 Å². The molecule has 1 aromatic carbocycles. The average Bonchev–Trinajstić information content (AvgIpc) is 2.50. The minimum Gasteiger partial charge on any atom is -0.323 e. The van der Waals surface area contributed by atoms with Crippen LogP contribution in [0.2, 0.25) is 5.02 Å². The van der Waals surface area contributed by atoms with Gasteiger partial charge >= 0.3 is 6.18 Å². The zero-order valence-electron chi connectivity index (χ0n) is 12.2. The Labute approximate surface area is 148 Å². The molecule has 4 nitrogen and oxygen atoms in total. The Balaban J connectivity index is 2.29. The zero-order valence-corrected chi connectivity index (χ0v) is 14.5. The molecule has 2 rings (SSSR count). The molecular formula is C15H11BrClF3N2O2. The second-order valence-electron chi connectivity index (χ2n) is 4.95. The van der Waals surface area contributed by atoms with E-state index in [1.54, 1.807) is 0 Å². The summed E-state index contributed by atoms with van der Waals surface area (Å²) in [6, 6.07) is 4.46. The second kappa shape index (κ2) is 6.98. The molecule has 0 aliphatic rings. The Bertz CT molecular complexity index is 836. The van der Waals surface area contributed by atoms with Gasteiger partial charge in [-0.15, -0.1) is 0 Å². The topological polar surface area (TPSA) is 51.1 Å². The lowest BCUT2D eigenvalue weighted by molar-refractivity contribution is -0.137. The Kier molecular flexibility index (Phi) is 5.39. The molecule has 0 aliphatic heterocycles. The maximum atomic E-state index is 12.8. The van der Waals surface area contributed by atoms with Crippen molar-refractivity contribution in [1.82, 2.24) is 4.57 Å². The average molecular weight is 424 g/mol. The highest BCUT2D eigenvalue weighted by Crippen LogP contribution is 2.34. The van der Waals surface area contributed by atoms with E-state index >= 15 is 0 Å². The van der Waals surface area contributed by atoms with Crippen LogP contribution in [-0.4, -0.2) is 10.5 Å². The third kappa shape index (κ3) is 4.18. The molecule has 0 bridgehead atoms. The van der Waals surface area contributed by atoms with Gasteiger partial charge in [0.15, 0.2) is 0 Å². The quantitative estimate of drug-likeness (QED) is 0.791. The molecule has 9 heteroatoms. The molecule has 0 aliphatic carbocycles. The molecule has 128 valence electrons. The molecule has 1 N–H and O–H groups in total. The number of anilines is 1. The number of carbonyl (C=O) groups is 1. The standard InChI is InChI=1S/C15H11BrClF3N2O2/c1-8(22-7-10(16)3-5-13(22)23)14(24)21-12-6-9(15(18,19)20)2-4-11(12)17/h2-8H,1H3,(H,21,24). The van der Waals surface area contributed by atoms with Crippen LogP contribution in [0.3, 0.4) is 0 Å². The summed E-state index contributed by atoms with van der Waals surface area (Å²) < 4.78 is 40.0. The van der Waals surface area contributed by atoms with Crippen molar-refractivity contribution in [1.29, 1.82) is 0 Å². The van der Waals surface area contributed by atoms with Crippen molar-refractivity contribution in [3.8, 4) is 0 Å². The fourth-order valence-electron chi connectivity index (χ4n) is 1.94. The molecule has 1 aromatic heterocycles. The van der Waals surface area contributed by atoms with E-state index in [9.17, 15) is 22.8 Å². The van der Waals surface area contributed by atoms with Gasteiger partial charge in [0.1, 0.15) is 6.04 Å². The van der Waals surface area contributed by atoms with Crippen molar-refractivity contribution in [2.45, 2.75) is 19.1 Å². The highest BCUT2D eigenvalue weighted by molar-refractivity contribution is 9.10. The lowest BCUT2D eigenvalue weighted by atomic mass is 10.2. The summed E-state index contributed by atoms with van der Waals surface area (Å²) in [7, 11) is 0. The maximum absolute atomic E-state index is 12.8. The molecule has 0 saturated heterocycles. The number of rotatable bonds is 3. The van der Waals surface area contributed by atoms with Crippen LogP contribution in [0.5, 0.6) is 0 Å². The van der Waals surface area contributed by atoms with E-state index < -0.39 is 29.2 Å². The minimum atomic E-state index is -4.56. The molecule has 0 saturated carbocycles. The van der Waals surface area contributed by atoms with Gasteiger partial charge in [-0.3, -0.25) is 9.59 Å². The Morgan fingerprint density at radius 3 is 2.58 bits per heavy atom. The van der Waals surface area contributed by atoms with Crippen LogP contribution in [0.25, 0.3) is 0 Å². The van der Waals surface area contributed by atoms with Gasteiger partial charge in [-0.2, -0.15) is 13.2 Å². The molecule has 0 fully saturated rings. The predicted octanol–water partition coefficient (Wildman–Crippen LogP) is 4.48. The van der Waals surface area contributed by atoms with Crippen LogP contribution in [0.15, 0.2) is 45.8 Å². The first-order valence-corrected chi connectivity index (χ1v) is 7.82. The van der Waals surface area contributed by atoms with Crippen molar-refractivity contribution in [3.05, 3.63) is 61.9 Å². The number of pyridine rings is 1. The van der Waals surface area contributed by atoms with Crippen molar-refractivity contribution < 1.29 is 18.0 Å². The third-order valence-corrected chi connectivity index (χ3v) is 4.05. The van der Waals surface area contributed by atoms with Crippen molar-refractivity contribution >= 4 is 39.1 Å². The largest absolute Gasteiger partial charge is 0.416 e. The normalized spacial score (nSPS) is 12.8. The summed E-state index contributed by atoms with van der Waals surface area (Å²) in [4.78, 5) is 24.1. The molecule has 1 atom stereocenters. The van der Waals surface area contributed by atoms with Crippen LogP contribution >= 0.6 is 27.5 Å². The van der Waals surface area contributed by atoms with Gasteiger partial charge in [0.05, 0.1) is 16.3 Å². The summed E-state index contributed by atoms with van der Waals surface area (Å²) >= 11 is 9.03. The number of alkyl halides is 3. The predicted molar refractivity (Wildman–Crippen MR) is 88.2 cm³/mol. The first kappa shape index (κ1) is 18.5. The van der Waals surface area contributed by atoms with Crippen LogP contribution in [0.4, 0.5) is 18.9 Å². The number of amides is 1. The smallest absolute Gasteiger partial charge is 0.323 e. The molecule has 2 aromatic rings. The first-order chi connectivity index (χ1) is 11.1. The van der Waals surface area contributed by atoms with Gasteiger partial charge < -0.3 is 9.88 Å². The van der Waals surface area contributed by atoms with Crippen molar-refractivity contribution in [2.24, 2.45) is 0 Å². The number of carbonyl (C=O) groups excluding carboxylic acids is 1. The lowest BCUT2D eigenvalue weighted by Crippen LogP contribution is -2.31. The lowest BCUT2D eigenvalue weighted by Gasteiger charge is -2.17. The molecule has 1 unspecified atom stereocenters. The number of aromatic nitrogens is 1. The first-order valence-electron chi connectivity index (χ1n) is 6.65. The Hall–Kier alpha value is -1.80. The van der Waals surface area contributed by atoms with Crippen molar-refractivity contribution in [3.63, 3.8) is 0 Å². The number of halogens is 5. The van der Waals surface area contributed by atoms with Gasteiger partial charge in [0.2, 0.25) is 5.91 Å². The van der Waals surface area contributed by atoms with E-state index in [1.807, 2.05) is 0 Å². The fraction of sp³-hybridized carbons (Fsp3) is 0.200. The van der Waals surface area contributed by atoms with Crippen LogP contribution in [-0.2, 0) is 11.0 Å². The number of hydrogen-bond acceptors (Lipinski definition) is 2. The second-order valence-corrected chi connectivity index (χ2v) is 6.27. The number of benzene rings is 1. The van der Waals surface area contributed by atoms with Crippen LogP contribution < -0.4 is 10.9 Å². The molecule has 0 spiro atoms. The number of nitrogens with zero attached hydrogens (tertiary/aromatic N) is 1. The summed E-state index contributed by atoms with van der Waals surface area (Å²) in [5.41, 5.74) is -1.53. The van der Waals surface area contributed by atoms with Crippen molar-refractivity contribution in [2.75, 3.05) is 5.32 Å². The van der Waals surface area contributed by atoms with E-state index in [-0.39, 0.29) is 10.7 Å². The minimum absolute atomic E-state index is 0.0369. The number of hydrogen-bond donors (Lipinski definition) is 1. The molecule has 24 heavy (non-hydrogen) atoms. The summed E-state index contributed by atoms with van der Waals surface area (Å²) in [5.74, 6) is -0.670. The van der Waals surface area contributed by atoms with Crippen LogP contribution in [0.1, 0.15) is 18.5 Å². The maximum Gasteiger partial charge on any atom is 0.416 e. The molecule has 1 heterocycles. The highest BCUT2D eigenvalue weighted by Gasteiger charge is 2.31. The highest BCUT2D eigenvalue weighted by atomic mass is 79.9. The van der Waals surface area contributed by atoms with Crippen LogP contribution in [0, 0.1) is 0 Å². The van der Waals surface area contributed by atoms with E-state index in [2.05, 4.69) is 21.2 Å². The fourth-order valence-corrected chi connectivity index (χ4v) is 2.46. The summed E-state index contributed by atoms with van der Waals surface area (Å²) in [6.45, 7) is 1.45. The van der Waals surface area contributed by atoms with E-state index in [0.717, 1.165) is 22.8 Å². The van der Waals surface area contributed by atoms with E-state index in [1.165, 1.54) is 25.3 Å². The Morgan fingerprint density at radius 1 is 1.29 bits per heavy atom. The molecular weight excluding hydrogens is 413 g/mol. The molecule has 1 amide bonds. The van der Waals surface area contributed by atoms with Gasteiger partial charge in [-0.1, -0.05) is 11.6 Å². The van der Waals surface area contributed by atoms with E-state index in [0.29, 0.717) is 4.47 Å². The van der Waals surface area contributed by atoms with Gasteiger partial charge in [-0.05, 0) is 47.1 Å². The monoisotopic (exact) mass is 422 g/mol. The van der Waals surface area contributed by atoms with E-state index in [4.69, 9.17) is 11.6 Å². The number of nitrogens with one attached hydrogen (secondary N) is 1.